The van der Waals surface area contributed by atoms with Gasteiger partial charge in [0.1, 0.15) is 0 Å². The summed E-state index contributed by atoms with van der Waals surface area (Å²) in [7, 11) is 0. The van der Waals surface area contributed by atoms with E-state index in [-0.39, 0.29) is 6.04 Å². The van der Waals surface area contributed by atoms with E-state index in [4.69, 9.17) is 12.3 Å². The van der Waals surface area contributed by atoms with Crippen molar-refractivity contribution in [2.45, 2.75) is 12.5 Å². The van der Waals surface area contributed by atoms with Crippen LogP contribution in [0.15, 0.2) is 30.3 Å². The number of terminal acetylenes is 1. The Labute approximate surface area is 93.1 Å². The molecule has 2 nitrogen and oxygen atoms in total. The summed E-state index contributed by atoms with van der Waals surface area (Å²) in [5.41, 5.74) is 2.75. The molecule has 0 saturated carbocycles. The molecular formula is C12H12N2S. The number of thiophene rings is 1. The minimum Gasteiger partial charge on any atom is -0.271 e. The fourth-order valence-electron chi connectivity index (χ4n) is 1.53. The molecule has 0 radical (unpaired) electrons. The molecule has 1 atom stereocenters. The van der Waals surface area contributed by atoms with Crippen LogP contribution in [0.1, 0.15) is 17.3 Å². The van der Waals surface area contributed by atoms with Gasteiger partial charge in [-0.25, -0.2) is 0 Å². The van der Waals surface area contributed by atoms with Crippen LogP contribution < -0.4 is 11.3 Å². The highest BCUT2D eigenvalue weighted by atomic mass is 32.1. The molecule has 0 amide bonds. The first-order chi connectivity index (χ1) is 7.35. The predicted molar refractivity (Wildman–Crippen MR) is 65.3 cm³/mol. The van der Waals surface area contributed by atoms with Gasteiger partial charge in [0.2, 0.25) is 0 Å². The first kappa shape index (κ1) is 10.2. The van der Waals surface area contributed by atoms with Crippen molar-refractivity contribution in [3.63, 3.8) is 0 Å². The smallest absolute Gasteiger partial charge is 0.0662 e. The Morgan fingerprint density at radius 3 is 2.93 bits per heavy atom. The summed E-state index contributed by atoms with van der Waals surface area (Å²) >= 11 is 1.73. The highest BCUT2D eigenvalue weighted by Gasteiger charge is 2.11. The minimum atomic E-state index is 0.0624. The summed E-state index contributed by atoms with van der Waals surface area (Å²) in [4.78, 5) is 1.19. The van der Waals surface area contributed by atoms with E-state index >= 15 is 0 Å². The van der Waals surface area contributed by atoms with Gasteiger partial charge in [-0.15, -0.1) is 23.7 Å². The molecule has 0 bridgehead atoms. The first-order valence-corrected chi connectivity index (χ1v) is 5.55. The van der Waals surface area contributed by atoms with E-state index in [1.54, 1.807) is 11.3 Å². The standard InChI is InChI=1S/C12H12N2S/c1-2-5-10(14-13)12-8-9-6-3-4-7-11(9)15-12/h1,3-4,6-8,10,14H,5,13H2. The molecule has 0 aliphatic carbocycles. The van der Waals surface area contributed by atoms with Crippen LogP contribution in [0.3, 0.4) is 0 Å². The summed E-state index contributed by atoms with van der Waals surface area (Å²) in [6.45, 7) is 0. The number of rotatable bonds is 3. The van der Waals surface area contributed by atoms with E-state index in [1.165, 1.54) is 15.0 Å². The van der Waals surface area contributed by atoms with Crippen molar-refractivity contribution >= 4 is 21.4 Å². The fourth-order valence-corrected chi connectivity index (χ4v) is 2.66. The number of nitrogens with two attached hydrogens (primary N) is 1. The van der Waals surface area contributed by atoms with Gasteiger partial charge in [0.15, 0.2) is 0 Å². The van der Waals surface area contributed by atoms with Crippen LogP contribution in [0.2, 0.25) is 0 Å². The zero-order chi connectivity index (χ0) is 10.7. The van der Waals surface area contributed by atoms with E-state index in [0.717, 1.165) is 0 Å². The van der Waals surface area contributed by atoms with Crippen LogP contribution in [-0.2, 0) is 0 Å². The van der Waals surface area contributed by atoms with E-state index in [9.17, 15) is 0 Å². The molecule has 2 aromatic rings. The van der Waals surface area contributed by atoms with Crippen LogP contribution in [0, 0.1) is 12.3 Å². The Bertz CT molecular complexity index is 463. The summed E-state index contributed by atoms with van der Waals surface area (Å²) in [6.07, 6.45) is 5.91. The summed E-state index contributed by atoms with van der Waals surface area (Å²) in [5.74, 6) is 8.10. The monoisotopic (exact) mass is 216 g/mol. The normalized spacial score (nSPS) is 12.5. The van der Waals surface area contributed by atoms with Gasteiger partial charge < -0.3 is 0 Å². The van der Waals surface area contributed by atoms with Crippen molar-refractivity contribution in [2.24, 2.45) is 5.84 Å². The number of hydrogen-bond acceptors (Lipinski definition) is 3. The van der Waals surface area contributed by atoms with Gasteiger partial charge in [-0.2, -0.15) is 0 Å². The van der Waals surface area contributed by atoms with Crippen molar-refractivity contribution in [2.75, 3.05) is 0 Å². The molecule has 0 fully saturated rings. The van der Waals surface area contributed by atoms with Gasteiger partial charge in [0, 0.05) is 16.0 Å². The largest absolute Gasteiger partial charge is 0.271 e. The molecule has 1 aromatic carbocycles. The molecule has 0 aliphatic heterocycles. The number of hydrazine groups is 1. The van der Waals surface area contributed by atoms with Crippen LogP contribution in [-0.4, -0.2) is 0 Å². The average Bonchev–Trinajstić information content (AvgIpc) is 2.69. The molecular weight excluding hydrogens is 204 g/mol. The molecule has 3 N–H and O–H groups in total. The van der Waals surface area contributed by atoms with E-state index in [2.05, 4.69) is 29.5 Å². The third-order valence-corrected chi connectivity index (χ3v) is 3.54. The summed E-state index contributed by atoms with van der Waals surface area (Å²) < 4.78 is 1.27. The van der Waals surface area contributed by atoms with Crippen molar-refractivity contribution in [3.05, 3.63) is 35.2 Å². The lowest BCUT2D eigenvalue weighted by Crippen LogP contribution is -2.26. The number of hydrogen-bond donors (Lipinski definition) is 2. The maximum atomic E-state index is 5.47. The van der Waals surface area contributed by atoms with Gasteiger partial charge in [0.25, 0.3) is 0 Å². The van der Waals surface area contributed by atoms with E-state index in [0.29, 0.717) is 6.42 Å². The highest BCUT2D eigenvalue weighted by molar-refractivity contribution is 7.19. The molecule has 15 heavy (non-hydrogen) atoms. The lowest BCUT2D eigenvalue weighted by Gasteiger charge is -2.09. The van der Waals surface area contributed by atoms with Gasteiger partial charge in [-0.1, -0.05) is 18.2 Å². The van der Waals surface area contributed by atoms with Gasteiger partial charge in [-0.3, -0.25) is 11.3 Å². The summed E-state index contributed by atoms with van der Waals surface area (Å²) in [5, 5.41) is 1.25. The lowest BCUT2D eigenvalue weighted by molar-refractivity contribution is 0.577. The lowest BCUT2D eigenvalue weighted by atomic mass is 10.1. The van der Waals surface area contributed by atoms with Gasteiger partial charge >= 0.3 is 0 Å². The number of fused-ring (bicyclic) bond motifs is 1. The Hall–Kier alpha value is -1.34. The molecule has 1 heterocycles. The Morgan fingerprint density at radius 1 is 1.47 bits per heavy atom. The van der Waals surface area contributed by atoms with E-state index in [1.807, 2.05) is 12.1 Å². The summed E-state index contributed by atoms with van der Waals surface area (Å²) in [6, 6.07) is 10.5. The molecule has 1 unspecified atom stereocenters. The Kier molecular flexibility index (Phi) is 3.02. The van der Waals surface area contributed by atoms with Crippen LogP contribution in [0.25, 0.3) is 10.1 Å². The Morgan fingerprint density at radius 2 is 2.27 bits per heavy atom. The van der Waals surface area contributed by atoms with Crippen LogP contribution in [0.4, 0.5) is 0 Å². The molecule has 1 aromatic heterocycles. The zero-order valence-electron chi connectivity index (χ0n) is 8.23. The number of benzene rings is 1. The SMILES string of the molecule is C#CCC(NN)c1cc2ccccc2s1. The fraction of sp³-hybridized carbons (Fsp3) is 0.167. The van der Waals surface area contributed by atoms with Crippen molar-refractivity contribution in [3.8, 4) is 12.3 Å². The molecule has 76 valence electrons. The van der Waals surface area contributed by atoms with E-state index < -0.39 is 0 Å². The predicted octanol–water partition coefficient (Wildman–Crippen LogP) is 2.43. The maximum absolute atomic E-state index is 5.47. The second-order valence-electron chi connectivity index (χ2n) is 3.31. The molecule has 0 aliphatic rings. The average molecular weight is 216 g/mol. The van der Waals surface area contributed by atoms with Crippen molar-refractivity contribution in [1.82, 2.24) is 5.43 Å². The molecule has 3 heteroatoms. The van der Waals surface area contributed by atoms with Crippen LogP contribution >= 0.6 is 11.3 Å². The van der Waals surface area contributed by atoms with Crippen molar-refractivity contribution < 1.29 is 0 Å². The molecule has 2 rings (SSSR count). The van der Waals surface area contributed by atoms with Gasteiger partial charge in [-0.05, 0) is 17.5 Å². The van der Waals surface area contributed by atoms with Gasteiger partial charge in [0.05, 0.1) is 6.04 Å². The highest BCUT2D eigenvalue weighted by Crippen LogP contribution is 2.30. The zero-order valence-corrected chi connectivity index (χ0v) is 9.05. The number of nitrogens with one attached hydrogen (secondary N) is 1. The Balaban J connectivity index is 2.39. The quantitative estimate of drug-likeness (QED) is 0.470. The first-order valence-electron chi connectivity index (χ1n) is 4.73. The molecule has 0 spiro atoms. The third kappa shape index (κ3) is 2.02. The van der Waals surface area contributed by atoms with Crippen molar-refractivity contribution in [1.29, 1.82) is 0 Å². The minimum absolute atomic E-state index is 0.0624. The maximum Gasteiger partial charge on any atom is 0.0662 e. The third-order valence-electron chi connectivity index (χ3n) is 2.31. The second kappa shape index (κ2) is 4.45. The topological polar surface area (TPSA) is 38.0 Å². The van der Waals surface area contributed by atoms with Crippen LogP contribution in [0.5, 0.6) is 0 Å². The second-order valence-corrected chi connectivity index (χ2v) is 4.43. The molecule has 0 saturated heterocycles.